The monoisotopic (exact) mass is 411 g/mol. The van der Waals surface area contributed by atoms with Crippen molar-refractivity contribution in [3.05, 3.63) is 34.9 Å². The van der Waals surface area contributed by atoms with Gasteiger partial charge in [-0.05, 0) is 30.5 Å². The first-order chi connectivity index (χ1) is 10.7. The normalized spacial score (nSPS) is 21.6. The van der Waals surface area contributed by atoms with Crippen LogP contribution < -0.4 is 10.6 Å². The Morgan fingerprint density at radius 2 is 1.92 bits per heavy atom. The van der Waals surface area contributed by atoms with E-state index in [2.05, 4.69) is 27.7 Å². The predicted molar refractivity (Wildman–Crippen MR) is 107 cm³/mol. The van der Waals surface area contributed by atoms with Gasteiger partial charge in [0, 0.05) is 42.3 Å². The van der Waals surface area contributed by atoms with Crippen LogP contribution in [-0.4, -0.2) is 47.6 Å². The Labute approximate surface area is 165 Å². The van der Waals surface area contributed by atoms with Crippen LogP contribution in [-0.2, 0) is 11.3 Å². The van der Waals surface area contributed by atoms with Crippen LogP contribution >= 0.6 is 48.2 Å². The van der Waals surface area contributed by atoms with Gasteiger partial charge in [-0.2, -0.15) is 0 Å². The third-order valence-corrected chi connectivity index (χ3v) is 5.48. The van der Waals surface area contributed by atoms with Crippen molar-refractivity contribution in [3.63, 3.8) is 0 Å². The number of hydrogen-bond acceptors (Lipinski definition) is 4. The van der Waals surface area contributed by atoms with Crippen molar-refractivity contribution in [2.45, 2.75) is 31.5 Å². The summed E-state index contributed by atoms with van der Waals surface area (Å²) in [5.41, 5.74) is 1.29. The number of rotatable bonds is 4. The summed E-state index contributed by atoms with van der Waals surface area (Å²) in [6.07, 6.45) is 2.05. The lowest BCUT2D eigenvalue weighted by molar-refractivity contribution is -0.123. The summed E-state index contributed by atoms with van der Waals surface area (Å²) in [5, 5.41) is 7.20. The van der Waals surface area contributed by atoms with Crippen molar-refractivity contribution >= 4 is 54.1 Å². The standard InChI is InChI=1S/C16H22ClN3OS.2ClH/c17-13-3-1-12(2-4-13)9-20-7-5-14(6-8-20)19-16(21)15-10-22-11-18-15;;/h1-4,14-15,18H,5-11H2,(H,19,21);2*1H. The van der Waals surface area contributed by atoms with Gasteiger partial charge in [-0.1, -0.05) is 23.7 Å². The molecule has 1 amide bonds. The Kier molecular flexibility index (Phi) is 9.79. The first-order valence-electron chi connectivity index (χ1n) is 7.79. The van der Waals surface area contributed by atoms with Gasteiger partial charge in [0.05, 0.1) is 6.04 Å². The molecule has 1 aromatic carbocycles. The van der Waals surface area contributed by atoms with Gasteiger partial charge in [0.1, 0.15) is 0 Å². The van der Waals surface area contributed by atoms with Gasteiger partial charge < -0.3 is 5.32 Å². The van der Waals surface area contributed by atoms with E-state index in [1.54, 1.807) is 11.8 Å². The lowest BCUT2D eigenvalue weighted by Crippen LogP contribution is -2.50. The van der Waals surface area contributed by atoms with E-state index >= 15 is 0 Å². The molecule has 0 radical (unpaired) electrons. The van der Waals surface area contributed by atoms with E-state index in [9.17, 15) is 4.79 Å². The Bertz CT molecular complexity index is 504. The average Bonchev–Trinajstić information content (AvgIpc) is 3.06. The van der Waals surface area contributed by atoms with Gasteiger partial charge in [-0.3, -0.25) is 15.0 Å². The molecule has 0 saturated carbocycles. The summed E-state index contributed by atoms with van der Waals surface area (Å²) in [5.74, 6) is 1.94. The van der Waals surface area contributed by atoms with Crippen LogP contribution in [0.1, 0.15) is 18.4 Å². The Morgan fingerprint density at radius 3 is 2.50 bits per heavy atom. The number of piperidine rings is 1. The molecule has 1 aromatic rings. The third kappa shape index (κ3) is 6.28. The fourth-order valence-corrected chi connectivity index (χ4v) is 4.02. The molecule has 2 saturated heterocycles. The molecule has 0 spiro atoms. The van der Waals surface area contributed by atoms with Crippen molar-refractivity contribution < 1.29 is 4.79 Å². The minimum Gasteiger partial charge on any atom is -0.352 e. The van der Waals surface area contributed by atoms with E-state index in [-0.39, 0.29) is 36.8 Å². The number of amides is 1. The Hall–Kier alpha value is -0.170. The first kappa shape index (κ1) is 21.9. The van der Waals surface area contributed by atoms with Crippen LogP contribution in [0.25, 0.3) is 0 Å². The van der Waals surface area contributed by atoms with Crippen molar-refractivity contribution in [2.24, 2.45) is 0 Å². The zero-order valence-corrected chi connectivity index (χ0v) is 16.6. The van der Waals surface area contributed by atoms with E-state index in [0.29, 0.717) is 6.04 Å². The highest BCUT2D eigenvalue weighted by molar-refractivity contribution is 7.99. The number of benzene rings is 1. The minimum atomic E-state index is -0.00269. The maximum absolute atomic E-state index is 12.1. The van der Waals surface area contributed by atoms with E-state index in [0.717, 1.165) is 49.1 Å². The number of carbonyl (C=O) groups is 1. The molecule has 3 rings (SSSR count). The molecular weight excluding hydrogens is 389 g/mol. The molecule has 2 fully saturated rings. The first-order valence-corrected chi connectivity index (χ1v) is 9.32. The number of carbonyl (C=O) groups excluding carboxylic acids is 1. The highest BCUT2D eigenvalue weighted by atomic mass is 35.5. The second-order valence-corrected chi connectivity index (χ2v) is 7.42. The molecule has 0 bridgehead atoms. The molecule has 2 heterocycles. The molecule has 1 atom stereocenters. The van der Waals surface area contributed by atoms with Gasteiger partial charge in [-0.15, -0.1) is 36.6 Å². The van der Waals surface area contributed by atoms with Crippen LogP contribution in [0.3, 0.4) is 0 Å². The zero-order chi connectivity index (χ0) is 15.4. The summed E-state index contributed by atoms with van der Waals surface area (Å²) in [7, 11) is 0. The topological polar surface area (TPSA) is 44.4 Å². The molecule has 2 N–H and O–H groups in total. The number of hydrogen-bond donors (Lipinski definition) is 2. The number of nitrogens with one attached hydrogen (secondary N) is 2. The Morgan fingerprint density at radius 1 is 1.25 bits per heavy atom. The highest BCUT2D eigenvalue weighted by Crippen LogP contribution is 2.16. The van der Waals surface area contributed by atoms with Gasteiger partial charge in [0.2, 0.25) is 5.91 Å². The molecule has 136 valence electrons. The molecule has 2 aliphatic heterocycles. The van der Waals surface area contributed by atoms with E-state index in [1.165, 1.54) is 5.56 Å². The second-order valence-electron chi connectivity index (χ2n) is 5.96. The molecule has 2 aliphatic rings. The molecule has 0 aromatic heterocycles. The number of thioether (sulfide) groups is 1. The van der Waals surface area contributed by atoms with Gasteiger partial charge in [-0.25, -0.2) is 0 Å². The lowest BCUT2D eigenvalue weighted by Gasteiger charge is -2.32. The zero-order valence-electron chi connectivity index (χ0n) is 13.4. The van der Waals surface area contributed by atoms with Crippen molar-refractivity contribution in [1.29, 1.82) is 0 Å². The summed E-state index contributed by atoms with van der Waals surface area (Å²) >= 11 is 7.70. The van der Waals surface area contributed by atoms with Crippen LogP contribution in [0.15, 0.2) is 24.3 Å². The quantitative estimate of drug-likeness (QED) is 0.798. The van der Waals surface area contributed by atoms with E-state index < -0.39 is 0 Å². The summed E-state index contributed by atoms with van der Waals surface area (Å²) in [6, 6.07) is 8.37. The summed E-state index contributed by atoms with van der Waals surface area (Å²) < 4.78 is 0. The lowest BCUT2D eigenvalue weighted by atomic mass is 10.0. The van der Waals surface area contributed by atoms with Crippen LogP contribution in [0.2, 0.25) is 5.02 Å². The average molecular weight is 413 g/mol. The van der Waals surface area contributed by atoms with Gasteiger partial charge in [0.15, 0.2) is 0 Å². The molecule has 4 nitrogen and oxygen atoms in total. The summed E-state index contributed by atoms with van der Waals surface area (Å²) in [6.45, 7) is 3.01. The fraction of sp³-hybridized carbons (Fsp3) is 0.562. The molecule has 1 unspecified atom stereocenters. The number of halogens is 3. The molecule has 0 aliphatic carbocycles. The smallest absolute Gasteiger partial charge is 0.238 e. The van der Waals surface area contributed by atoms with E-state index in [1.807, 2.05) is 12.1 Å². The minimum absolute atomic E-state index is 0. The van der Waals surface area contributed by atoms with Crippen LogP contribution in [0.4, 0.5) is 0 Å². The molecule has 8 heteroatoms. The van der Waals surface area contributed by atoms with Gasteiger partial charge in [0.25, 0.3) is 0 Å². The highest BCUT2D eigenvalue weighted by Gasteiger charge is 2.26. The summed E-state index contributed by atoms with van der Waals surface area (Å²) in [4.78, 5) is 14.5. The largest absolute Gasteiger partial charge is 0.352 e. The maximum Gasteiger partial charge on any atom is 0.238 e. The maximum atomic E-state index is 12.1. The predicted octanol–water partition coefficient (Wildman–Crippen LogP) is 2.93. The van der Waals surface area contributed by atoms with Crippen molar-refractivity contribution in [2.75, 3.05) is 24.7 Å². The second kappa shape index (κ2) is 10.7. The fourth-order valence-electron chi connectivity index (χ4n) is 2.95. The van der Waals surface area contributed by atoms with E-state index in [4.69, 9.17) is 11.6 Å². The molecule has 24 heavy (non-hydrogen) atoms. The number of likely N-dealkylation sites (tertiary alicyclic amines) is 1. The Balaban J connectivity index is 0.00000144. The van der Waals surface area contributed by atoms with Crippen molar-refractivity contribution in [1.82, 2.24) is 15.5 Å². The number of nitrogens with zero attached hydrogens (tertiary/aromatic N) is 1. The SMILES string of the molecule is Cl.Cl.O=C(NC1CCN(Cc2ccc(Cl)cc2)CC1)C1CSCN1. The third-order valence-electron chi connectivity index (χ3n) is 4.29. The van der Waals surface area contributed by atoms with Crippen LogP contribution in [0, 0.1) is 0 Å². The molecular formula is C16H24Cl3N3OS. The van der Waals surface area contributed by atoms with Crippen LogP contribution in [0.5, 0.6) is 0 Å². The van der Waals surface area contributed by atoms with Gasteiger partial charge >= 0.3 is 0 Å². The van der Waals surface area contributed by atoms with Crippen molar-refractivity contribution in [3.8, 4) is 0 Å².